The fraction of sp³-hybridized carbons (Fsp3) is 0.239. The lowest BCUT2D eigenvalue weighted by molar-refractivity contribution is -0.179. The molecule has 5 aromatic rings. The number of benzene rings is 5. The van der Waals surface area contributed by atoms with Gasteiger partial charge in [-0.2, -0.15) is 0 Å². The number of fused-ring (bicyclic) bond motifs is 3. The number of carboxylic acids is 1. The van der Waals surface area contributed by atoms with Gasteiger partial charge in [-0.3, -0.25) is 24.2 Å². The number of morpholine rings is 1. The second kappa shape index (κ2) is 15.5. The number of nitrogens with zero attached hydrogens (tertiary/aromatic N) is 2. The van der Waals surface area contributed by atoms with Crippen LogP contribution in [0.25, 0.3) is 0 Å². The highest BCUT2D eigenvalue weighted by Gasteiger charge is 2.74. The van der Waals surface area contributed by atoms with E-state index in [0.717, 1.165) is 16.7 Å². The Labute approximate surface area is 325 Å². The lowest BCUT2D eigenvalue weighted by atomic mass is 9.65. The average Bonchev–Trinajstić information content (AvgIpc) is 3.70. The van der Waals surface area contributed by atoms with Crippen molar-refractivity contribution in [2.75, 3.05) is 32.1 Å². The van der Waals surface area contributed by atoms with Crippen molar-refractivity contribution in [1.29, 1.82) is 0 Å². The number of hydrogen-bond acceptors (Lipinski definition) is 8. The number of hydrogen-bond donors (Lipinski definition) is 3. The van der Waals surface area contributed by atoms with Crippen molar-refractivity contribution in [3.05, 3.63) is 167 Å². The lowest BCUT2D eigenvalue weighted by Gasteiger charge is -2.46. The molecule has 8 rings (SSSR count). The Morgan fingerprint density at radius 2 is 1.54 bits per heavy atom. The van der Waals surface area contributed by atoms with Gasteiger partial charge in [0.05, 0.1) is 25.2 Å². The van der Waals surface area contributed by atoms with Crippen molar-refractivity contribution in [3.63, 3.8) is 0 Å². The first-order valence-corrected chi connectivity index (χ1v) is 18.6. The average molecular weight is 748 g/mol. The van der Waals surface area contributed by atoms with Crippen LogP contribution in [0.5, 0.6) is 5.75 Å². The summed E-state index contributed by atoms with van der Waals surface area (Å²) in [7, 11) is 1.99. The maximum atomic E-state index is 15.0. The third-order valence-electron chi connectivity index (χ3n) is 11.0. The summed E-state index contributed by atoms with van der Waals surface area (Å²) in [6.07, 6.45) is -0.836. The van der Waals surface area contributed by atoms with Gasteiger partial charge in [0.2, 0.25) is 5.91 Å². The van der Waals surface area contributed by atoms with Crippen molar-refractivity contribution in [3.8, 4) is 17.6 Å². The number of amides is 1. The highest BCUT2D eigenvalue weighted by molar-refractivity contribution is 6.11. The van der Waals surface area contributed by atoms with E-state index in [1.165, 1.54) is 0 Å². The summed E-state index contributed by atoms with van der Waals surface area (Å²) in [6, 6.07) is 38.4. The van der Waals surface area contributed by atoms with Gasteiger partial charge in [-0.05, 0) is 65.2 Å². The normalized spacial score (nSPS) is 23.8. The van der Waals surface area contributed by atoms with Crippen LogP contribution in [-0.2, 0) is 31.1 Å². The van der Waals surface area contributed by atoms with E-state index >= 15 is 0 Å². The first-order valence-electron chi connectivity index (χ1n) is 18.6. The van der Waals surface area contributed by atoms with Crippen LogP contribution in [0.15, 0.2) is 133 Å². The molecule has 282 valence electrons. The van der Waals surface area contributed by atoms with Gasteiger partial charge in [-0.25, -0.2) is 0 Å². The molecule has 0 aliphatic carbocycles. The van der Waals surface area contributed by atoms with Crippen LogP contribution >= 0.6 is 0 Å². The van der Waals surface area contributed by atoms with Crippen molar-refractivity contribution in [2.45, 2.75) is 36.2 Å². The number of aliphatic hydroxyl groups is 1. The molecule has 3 aliphatic rings. The Morgan fingerprint density at radius 3 is 2.23 bits per heavy atom. The molecule has 0 aromatic heterocycles. The van der Waals surface area contributed by atoms with Crippen LogP contribution in [-0.4, -0.2) is 70.7 Å². The van der Waals surface area contributed by atoms with Crippen LogP contribution in [0.3, 0.4) is 0 Å². The molecule has 1 spiro atoms. The summed E-state index contributed by atoms with van der Waals surface area (Å²) in [5.74, 6) is 2.79. The zero-order valence-corrected chi connectivity index (χ0v) is 30.7. The molecule has 1 amide bonds. The number of cyclic esters (lactones) is 1. The molecule has 0 bridgehead atoms. The third kappa shape index (κ3) is 6.50. The standard InChI is InChI=1S/C46H41N3O7/c1-48(29-31-13-5-2-6-14-31)24-12-15-30-22-23-37-36(27-30)46(45(54)47-37)38(43(51)52)40-44(53)56-41(33-18-9-4-10-19-33)39(32-16-7-3-8-17-32)49(40)42(46)34-20-11-21-35(28-34)55-26-25-50/h2-11,13-14,16-23,27-28,38-42,50H,24-26,29H2,1H3,(H,47,54)(H,51,52)/t38-,39-,40-,41+,42+,46-/m1/s1. The van der Waals surface area contributed by atoms with Crippen molar-refractivity contribution < 1.29 is 34.1 Å². The molecule has 0 unspecified atom stereocenters. The van der Waals surface area contributed by atoms with Gasteiger partial charge in [-0.1, -0.05) is 115 Å². The van der Waals surface area contributed by atoms with Gasteiger partial charge in [0.1, 0.15) is 35.8 Å². The molecule has 6 atom stereocenters. The largest absolute Gasteiger partial charge is 0.491 e. The predicted octanol–water partition coefficient (Wildman–Crippen LogP) is 5.90. The second-order valence-electron chi connectivity index (χ2n) is 14.4. The van der Waals surface area contributed by atoms with E-state index in [-0.39, 0.29) is 13.2 Å². The van der Waals surface area contributed by atoms with Crippen LogP contribution in [0.1, 0.15) is 51.6 Å². The van der Waals surface area contributed by atoms with Crippen LogP contribution in [0.4, 0.5) is 5.69 Å². The molecule has 2 saturated heterocycles. The van der Waals surface area contributed by atoms with E-state index in [1.54, 1.807) is 30.3 Å². The quantitative estimate of drug-likeness (QED) is 0.118. The second-order valence-corrected chi connectivity index (χ2v) is 14.4. The number of carbonyl (C=O) groups excluding carboxylic acids is 2. The fourth-order valence-corrected chi connectivity index (χ4v) is 8.82. The van der Waals surface area contributed by atoms with Gasteiger partial charge in [0.25, 0.3) is 0 Å². The number of carbonyl (C=O) groups is 3. The molecule has 56 heavy (non-hydrogen) atoms. The number of anilines is 1. The topological polar surface area (TPSA) is 129 Å². The van der Waals surface area contributed by atoms with E-state index in [2.05, 4.69) is 34.2 Å². The highest BCUT2D eigenvalue weighted by Crippen LogP contribution is 2.64. The molecule has 3 N–H and O–H groups in total. The van der Waals surface area contributed by atoms with Gasteiger partial charge in [0, 0.05) is 17.8 Å². The van der Waals surface area contributed by atoms with Gasteiger partial charge in [0.15, 0.2) is 0 Å². The minimum Gasteiger partial charge on any atom is -0.491 e. The molecular weight excluding hydrogens is 707 g/mol. The first-order chi connectivity index (χ1) is 27.3. The Morgan fingerprint density at radius 1 is 0.857 bits per heavy atom. The number of ether oxygens (including phenoxy) is 2. The van der Waals surface area contributed by atoms with Crippen molar-refractivity contribution >= 4 is 23.5 Å². The molecule has 10 heteroatoms. The maximum absolute atomic E-state index is 15.0. The molecular formula is C46H41N3O7. The van der Waals surface area contributed by atoms with Crippen LogP contribution in [0, 0.1) is 17.8 Å². The number of nitrogens with one attached hydrogen (secondary N) is 1. The molecule has 3 aliphatic heterocycles. The Balaban J connectivity index is 1.31. The summed E-state index contributed by atoms with van der Waals surface area (Å²) in [5.41, 5.74) is 2.92. The Kier molecular flexibility index (Phi) is 10.1. The van der Waals surface area contributed by atoms with E-state index in [9.17, 15) is 24.6 Å². The maximum Gasteiger partial charge on any atom is 0.325 e. The van der Waals surface area contributed by atoms with Crippen LogP contribution < -0.4 is 10.1 Å². The summed E-state index contributed by atoms with van der Waals surface area (Å²) in [4.78, 5) is 47.4. The summed E-state index contributed by atoms with van der Waals surface area (Å²) < 4.78 is 12.2. The number of carboxylic acid groups (broad SMARTS) is 1. The monoisotopic (exact) mass is 747 g/mol. The molecule has 0 saturated carbocycles. The predicted molar refractivity (Wildman–Crippen MR) is 209 cm³/mol. The number of aliphatic carboxylic acids is 1. The lowest BCUT2D eigenvalue weighted by Crippen LogP contribution is -2.52. The third-order valence-corrected chi connectivity index (χ3v) is 11.0. The van der Waals surface area contributed by atoms with E-state index < -0.39 is 53.4 Å². The molecule has 0 radical (unpaired) electrons. The molecule has 3 heterocycles. The Hall–Kier alpha value is -6.25. The summed E-state index contributed by atoms with van der Waals surface area (Å²) >= 11 is 0. The first kappa shape index (κ1) is 36.7. The SMILES string of the molecule is CN(CC#Cc1ccc2c(c1)[C@]1(C(=O)N2)[C@H](c2cccc(OCCO)c2)N2[C@H](c3ccccc3)[C@H](c3ccccc3)OC(=O)[C@H]2[C@@H]1C(=O)O)Cc1ccccc1. The van der Waals surface area contributed by atoms with E-state index in [1.807, 2.05) is 103 Å². The molecule has 10 nitrogen and oxygen atoms in total. The fourth-order valence-electron chi connectivity index (χ4n) is 8.82. The van der Waals surface area contributed by atoms with E-state index in [0.29, 0.717) is 41.2 Å². The summed E-state index contributed by atoms with van der Waals surface area (Å²) in [5, 5.41) is 23.9. The van der Waals surface area contributed by atoms with E-state index in [4.69, 9.17) is 9.47 Å². The Bertz CT molecular complexity index is 2310. The molecule has 2 fully saturated rings. The van der Waals surface area contributed by atoms with Gasteiger partial charge in [-0.15, -0.1) is 0 Å². The van der Waals surface area contributed by atoms with Crippen molar-refractivity contribution in [2.24, 2.45) is 5.92 Å². The van der Waals surface area contributed by atoms with Gasteiger partial charge < -0.3 is 25.0 Å². The smallest absolute Gasteiger partial charge is 0.325 e. The number of rotatable bonds is 10. The minimum atomic E-state index is -1.82. The zero-order chi connectivity index (χ0) is 38.8. The van der Waals surface area contributed by atoms with Crippen LogP contribution in [0.2, 0.25) is 0 Å². The number of aliphatic hydroxyl groups excluding tert-OH is 1. The zero-order valence-electron chi connectivity index (χ0n) is 30.7. The van der Waals surface area contributed by atoms with Gasteiger partial charge >= 0.3 is 11.9 Å². The highest BCUT2D eigenvalue weighted by atomic mass is 16.6. The number of esters is 1. The molecule has 5 aromatic carbocycles. The van der Waals surface area contributed by atoms with Crippen molar-refractivity contribution in [1.82, 2.24) is 9.80 Å². The summed E-state index contributed by atoms with van der Waals surface area (Å²) in [6.45, 7) is 1.00. The minimum absolute atomic E-state index is 0.0320.